The predicted molar refractivity (Wildman–Crippen MR) is 118 cm³/mol. The molecule has 0 radical (unpaired) electrons. The number of hydrogen-bond donors (Lipinski definition) is 1. The molecule has 3 aromatic rings. The average Bonchev–Trinajstić information content (AvgIpc) is 3.40. The molecule has 1 fully saturated rings. The highest BCUT2D eigenvalue weighted by molar-refractivity contribution is 7.89. The fourth-order valence-corrected chi connectivity index (χ4v) is 7.09. The summed E-state index contributed by atoms with van der Waals surface area (Å²) in [6.07, 6.45) is 5.43. The summed E-state index contributed by atoms with van der Waals surface area (Å²) in [5, 5.41) is 5.33. The third-order valence-corrected chi connectivity index (χ3v) is 8.89. The van der Waals surface area contributed by atoms with E-state index in [9.17, 15) is 13.2 Å². The van der Waals surface area contributed by atoms with Crippen molar-refractivity contribution in [3.05, 3.63) is 53.0 Å². The highest BCUT2D eigenvalue weighted by Gasteiger charge is 2.39. The lowest BCUT2D eigenvalue weighted by molar-refractivity contribution is -0.119. The molecule has 1 N–H and O–H groups in total. The summed E-state index contributed by atoms with van der Waals surface area (Å²) >= 11 is 1.52. The SMILES string of the molecule is O=C(Nc1nc2c(s1)CCCC2)C1CCCN1S(=O)(=O)c1ccc2ccccc2c1. The van der Waals surface area contributed by atoms with Crippen molar-refractivity contribution in [3.8, 4) is 0 Å². The number of thiazole rings is 1. The Morgan fingerprint density at radius 3 is 2.70 bits per heavy atom. The number of carbonyl (C=O) groups is 1. The van der Waals surface area contributed by atoms with Crippen LogP contribution in [0.15, 0.2) is 47.4 Å². The van der Waals surface area contributed by atoms with Crippen molar-refractivity contribution in [2.45, 2.75) is 49.5 Å². The Kier molecular flexibility index (Phi) is 5.08. The molecule has 6 nitrogen and oxygen atoms in total. The Morgan fingerprint density at radius 2 is 1.87 bits per heavy atom. The van der Waals surface area contributed by atoms with Gasteiger partial charge in [-0.05, 0) is 61.4 Å². The lowest BCUT2D eigenvalue weighted by Crippen LogP contribution is -2.43. The van der Waals surface area contributed by atoms with Crippen molar-refractivity contribution in [3.63, 3.8) is 0 Å². The third kappa shape index (κ3) is 3.53. The lowest BCUT2D eigenvalue weighted by Gasteiger charge is -2.23. The van der Waals surface area contributed by atoms with Gasteiger partial charge in [0, 0.05) is 11.4 Å². The molecule has 2 heterocycles. The number of rotatable bonds is 4. The zero-order chi connectivity index (χ0) is 20.7. The van der Waals surface area contributed by atoms with Crippen LogP contribution in [0.4, 0.5) is 5.13 Å². The maximum Gasteiger partial charge on any atom is 0.244 e. The van der Waals surface area contributed by atoms with Gasteiger partial charge in [-0.25, -0.2) is 13.4 Å². The molecule has 0 bridgehead atoms. The van der Waals surface area contributed by atoms with E-state index in [4.69, 9.17) is 0 Å². The summed E-state index contributed by atoms with van der Waals surface area (Å²) in [6.45, 7) is 0.349. The second-order valence-electron chi connectivity index (χ2n) is 7.87. The first-order chi connectivity index (χ1) is 14.5. The van der Waals surface area contributed by atoms with Gasteiger partial charge in [0.15, 0.2) is 5.13 Å². The van der Waals surface area contributed by atoms with Gasteiger partial charge in [0.05, 0.1) is 10.6 Å². The minimum Gasteiger partial charge on any atom is -0.301 e. The lowest BCUT2D eigenvalue weighted by atomic mass is 10.0. The molecule has 0 spiro atoms. The van der Waals surface area contributed by atoms with Crippen molar-refractivity contribution in [2.75, 3.05) is 11.9 Å². The van der Waals surface area contributed by atoms with E-state index in [1.807, 2.05) is 30.3 Å². The van der Waals surface area contributed by atoms with Gasteiger partial charge in [-0.3, -0.25) is 4.79 Å². The van der Waals surface area contributed by atoms with Crippen LogP contribution in [0.2, 0.25) is 0 Å². The largest absolute Gasteiger partial charge is 0.301 e. The minimum atomic E-state index is -3.76. The summed E-state index contributed by atoms with van der Waals surface area (Å²) in [5.41, 5.74) is 1.08. The molecule has 2 aliphatic rings. The molecule has 156 valence electrons. The molecule has 1 aromatic heterocycles. The van der Waals surface area contributed by atoms with E-state index < -0.39 is 16.1 Å². The summed E-state index contributed by atoms with van der Waals surface area (Å²) in [6, 6.07) is 12.1. The van der Waals surface area contributed by atoms with Gasteiger partial charge in [0.1, 0.15) is 6.04 Å². The molecule has 5 rings (SSSR count). The zero-order valence-corrected chi connectivity index (χ0v) is 18.1. The Labute approximate surface area is 180 Å². The summed E-state index contributed by atoms with van der Waals surface area (Å²) < 4.78 is 28.0. The highest BCUT2D eigenvalue weighted by Crippen LogP contribution is 2.32. The zero-order valence-electron chi connectivity index (χ0n) is 16.5. The van der Waals surface area contributed by atoms with E-state index in [0.29, 0.717) is 24.5 Å². The second-order valence-corrected chi connectivity index (χ2v) is 10.8. The minimum absolute atomic E-state index is 0.227. The second kappa shape index (κ2) is 7.76. The normalized spacial score (nSPS) is 19.7. The van der Waals surface area contributed by atoms with Crippen LogP contribution < -0.4 is 5.32 Å². The standard InChI is InChI=1S/C22H23N3O3S2/c26-21(24-22-23-18-8-3-4-10-20(18)29-22)19-9-5-13-25(19)30(27,28)17-12-11-15-6-1-2-7-16(15)14-17/h1-2,6-7,11-12,14,19H,3-5,8-10,13H2,(H,23,24,26). The fourth-order valence-electron chi connectivity index (χ4n) is 4.35. The Morgan fingerprint density at radius 1 is 1.07 bits per heavy atom. The quantitative estimate of drug-likeness (QED) is 0.664. The highest BCUT2D eigenvalue weighted by atomic mass is 32.2. The first-order valence-corrected chi connectivity index (χ1v) is 12.6. The van der Waals surface area contributed by atoms with Crippen molar-refractivity contribution in [1.29, 1.82) is 0 Å². The van der Waals surface area contributed by atoms with E-state index in [1.165, 1.54) is 20.5 Å². The van der Waals surface area contributed by atoms with Crippen LogP contribution in [-0.2, 0) is 27.7 Å². The molecule has 1 atom stereocenters. The molecule has 1 unspecified atom stereocenters. The van der Waals surface area contributed by atoms with Crippen molar-refractivity contribution in [1.82, 2.24) is 9.29 Å². The first-order valence-electron chi connectivity index (χ1n) is 10.3. The maximum absolute atomic E-state index is 13.3. The number of fused-ring (bicyclic) bond motifs is 2. The van der Waals surface area contributed by atoms with Gasteiger partial charge in [0.25, 0.3) is 0 Å². The third-order valence-electron chi connectivity index (χ3n) is 5.91. The molecule has 2 aromatic carbocycles. The van der Waals surface area contributed by atoms with Crippen LogP contribution in [0.3, 0.4) is 0 Å². The van der Waals surface area contributed by atoms with Gasteiger partial charge in [0.2, 0.25) is 15.9 Å². The molecular weight excluding hydrogens is 418 g/mol. The number of sulfonamides is 1. The molecule has 30 heavy (non-hydrogen) atoms. The van der Waals surface area contributed by atoms with Crippen LogP contribution in [0, 0.1) is 0 Å². The van der Waals surface area contributed by atoms with Gasteiger partial charge in [-0.15, -0.1) is 11.3 Å². The summed E-state index contributed by atoms with van der Waals surface area (Å²) in [7, 11) is -3.76. The average molecular weight is 442 g/mol. The van der Waals surface area contributed by atoms with E-state index in [-0.39, 0.29) is 10.8 Å². The van der Waals surface area contributed by atoms with Gasteiger partial charge in [-0.2, -0.15) is 4.31 Å². The Bertz CT molecular complexity index is 1200. The van der Waals surface area contributed by atoms with Crippen molar-refractivity contribution >= 4 is 43.2 Å². The van der Waals surface area contributed by atoms with Crippen LogP contribution in [0.5, 0.6) is 0 Å². The van der Waals surface area contributed by atoms with Crippen LogP contribution >= 0.6 is 11.3 Å². The number of aromatic nitrogens is 1. The van der Waals surface area contributed by atoms with Crippen molar-refractivity contribution < 1.29 is 13.2 Å². The number of aryl methyl sites for hydroxylation is 2. The smallest absolute Gasteiger partial charge is 0.244 e. The summed E-state index contributed by atoms with van der Waals surface area (Å²) in [5.74, 6) is -0.289. The van der Waals surface area contributed by atoms with E-state index in [0.717, 1.165) is 42.1 Å². The molecule has 1 aliphatic heterocycles. The monoisotopic (exact) mass is 441 g/mol. The van der Waals surface area contributed by atoms with Gasteiger partial charge >= 0.3 is 0 Å². The molecule has 8 heteroatoms. The van der Waals surface area contributed by atoms with Gasteiger partial charge < -0.3 is 5.32 Å². The number of nitrogens with zero attached hydrogens (tertiary/aromatic N) is 2. The number of carbonyl (C=O) groups excluding carboxylic acids is 1. The molecule has 0 saturated carbocycles. The summed E-state index contributed by atoms with van der Waals surface area (Å²) in [4.78, 5) is 19.0. The molecule has 1 saturated heterocycles. The van der Waals surface area contributed by atoms with Gasteiger partial charge in [-0.1, -0.05) is 30.3 Å². The first kappa shape index (κ1) is 19.7. The molecule has 1 amide bonds. The van der Waals surface area contributed by atoms with E-state index in [2.05, 4.69) is 10.3 Å². The Balaban J connectivity index is 1.39. The Hall–Kier alpha value is -2.29. The topological polar surface area (TPSA) is 79.4 Å². The number of anilines is 1. The van der Waals surface area contributed by atoms with E-state index >= 15 is 0 Å². The van der Waals surface area contributed by atoms with Crippen LogP contribution in [0.1, 0.15) is 36.3 Å². The van der Waals surface area contributed by atoms with Crippen molar-refractivity contribution in [2.24, 2.45) is 0 Å². The fraction of sp³-hybridized carbons (Fsp3) is 0.364. The molecular formula is C22H23N3O3S2. The predicted octanol–water partition coefficient (Wildman–Crippen LogP) is 3.97. The number of nitrogens with one attached hydrogen (secondary N) is 1. The number of benzene rings is 2. The maximum atomic E-state index is 13.3. The number of amides is 1. The number of hydrogen-bond acceptors (Lipinski definition) is 5. The van der Waals surface area contributed by atoms with E-state index in [1.54, 1.807) is 12.1 Å². The molecule has 1 aliphatic carbocycles. The van der Waals surface area contributed by atoms with Crippen LogP contribution in [0.25, 0.3) is 10.8 Å². The van der Waals surface area contributed by atoms with Crippen LogP contribution in [-0.4, -0.2) is 36.2 Å².